The second-order valence-corrected chi connectivity index (χ2v) is 9.96. The molecule has 0 bridgehead atoms. The van der Waals surface area contributed by atoms with Gasteiger partial charge in [-0.2, -0.15) is 0 Å². The maximum absolute atomic E-state index is 12.5. The summed E-state index contributed by atoms with van der Waals surface area (Å²) in [5, 5.41) is 6.11. The molecule has 1 aromatic rings. The van der Waals surface area contributed by atoms with Crippen LogP contribution in [0.15, 0.2) is 11.6 Å². The molecule has 0 radical (unpaired) electrons. The highest BCUT2D eigenvalue weighted by Gasteiger charge is 2.48. The van der Waals surface area contributed by atoms with Crippen molar-refractivity contribution in [2.75, 3.05) is 12.0 Å². The van der Waals surface area contributed by atoms with Crippen LogP contribution in [-0.2, 0) is 20.2 Å². The summed E-state index contributed by atoms with van der Waals surface area (Å²) in [6, 6.07) is 0. The van der Waals surface area contributed by atoms with Crippen LogP contribution in [-0.4, -0.2) is 31.3 Å². The lowest BCUT2D eigenvalue weighted by atomic mass is 9.96. The summed E-state index contributed by atoms with van der Waals surface area (Å²) >= 11 is 1.58. The molecule has 3 rings (SSSR count). The molecular weight excluding hydrogens is 320 g/mol. The topological polar surface area (TPSA) is 76.1 Å². The molecule has 2 aliphatic rings. The zero-order chi connectivity index (χ0) is 15.8. The van der Waals surface area contributed by atoms with Gasteiger partial charge in [0.15, 0.2) is 0 Å². The molecular formula is C15H22N2O3S2. The first-order valence-corrected chi connectivity index (χ1v) is 10.7. The van der Waals surface area contributed by atoms with Crippen molar-refractivity contribution >= 4 is 27.1 Å². The molecule has 7 heteroatoms. The lowest BCUT2D eigenvalue weighted by Gasteiger charge is -2.29. The van der Waals surface area contributed by atoms with Crippen LogP contribution in [0.25, 0.3) is 0 Å². The Morgan fingerprint density at radius 3 is 2.50 bits per heavy atom. The highest BCUT2D eigenvalue weighted by atomic mass is 32.2. The van der Waals surface area contributed by atoms with Gasteiger partial charge in [0, 0.05) is 24.3 Å². The number of rotatable bonds is 6. The van der Waals surface area contributed by atoms with Gasteiger partial charge in [-0.3, -0.25) is 4.79 Å². The van der Waals surface area contributed by atoms with Crippen molar-refractivity contribution in [1.29, 1.82) is 0 Å². The number of thiazole rings is 1. The number of carbonyl (C=O) groups excluding carboxylic acids is 1. The van der Waals surface area contributed by atoms with E-state index in [-0.39, 0.29) is 22.6 Å². The lowest BCUT2D eigenvalue weighted by molar-refractivity contribution is -0.124. The third-order valence-electron chi connectivity index (χ3n) is 4.74. The molecule has 122 valence electrons. The molecule has 0 spiro atoms. The SMILES string of the molecule is CS(=O)(=O)CC1(CC(=O)NC2(c3nccs3)CCCC2)CC1. The summed E-state index contributed by atoms with van der Waals surface area (Å²) in [4.78, 5) is 16.9. The predicted octanol–water partition coefficient (Wildman–Crippen LogP) is 2.24. The van der Waals surface area contributed by atoms with Crippen LogP contribution in [0.2, 0.25) is 0 Å². The van der Waals surface area contributed by atoms with E-state index in [2.05, 4.69) is 10.3 Å². The Hall–Kier alpha value is -0.950. The summed E-state index contributed by atoms with van der Waals surface area (Å²) in [6.45, 7) is 0. The summed E-state index contributed by atoms with van der Waals surface area (Å²) in [5.41, 5.74) is -0.646. The molecule has 1 N–H and O–H groups in total. The van der Waals surface area contributed by atoms with Gasteiger partial charge in [-0.15, -0.1) is 11.3 Å². The van der Waals surface area contributed by atoms with E-state index in [4.69, 9.17) is 0 Å². The number of aromatic nitrogens is 1. The highest BCUT2D eigenvalue weighted by Crippen LogP contribution is 2.50. The normalized spacial score (nSPS) is 22.4. The van der Waals surface area contributed by atoms with Crippen LogP contribution >= 0.6 is 11.3 Å². The standard InChI is InChI=1S/C15H22N2O3S2/c1-22(19,20)11-14(6-7-14)10-12(18)17-15(4-2-3-5-15)13-16-8-9-21-13/h8-9H,2-7,10-11H2,1H3,(H,17,18). The van der Waals surface area contributed by atoms with E-state index in [1.165, 1.54) is 6.26 Å². The van der Waals surface area contributed by atoms with Gasteiger partial charge in [0.25, 0.3) is 0 Å². The van der Waals surface area contributed by atoms with Gasteiger partial charge >= 0.3 is 0 Å². The maximum Gasteiger partial charge on any atom is 0.221 e. The maximum atomic E-state index is 12.5. The second-order valence-electron chi connectivity index (χ2n) is 6.92. The van der Waals surface area contributed by atoms with Crippen LogP contribution < -0.4 is 5.32 Å². The number of sulfone groups is 1. The molecule has 1 heterocycles. The van der Waals surface area contributed by atoms with Crippen molar-refractivity contribution in [3.8, 4) is 0 Å². The third-order valence-corrected chi connectivity index (χ3v) is 6.85. The quantitative estimate of drug-likeness (QED) is 0.860. The van der Waals surface area contributed by atoms with Gasteiger partial charge in [-0.25, -0.2) is 13.4 Å². The van der Waals surface area contributed by atoms with Crippen molar-refractivity contribution in [2.45, 2.75) is 50.5 Å². The third kappa shape index (κ3) is 3.51. The Morgan fingerprint density at radius 2 is 2.00 bits per heavy atom. The second kappa shape index (κ2) is 5.60. The average molecular weight is 342 g/mol. The monoisotopic (exact) mass is 342 g/mol. The summed E-state index contributed by atoms with van der Waals surface area (Å²) < 4.78 is 23.0. The minimum Gasteiger partial charge on any atom is -0.344 e. The lowest BCUT2D eigenvalue weighted by Crippen LogP contribution is -2.44. The molecule has 2 saturated carbocycles. The number of nitrogens with zero attached hydrogens (tertiary/aromatic N) is 1. The van der Waals surface area contributed by atoms with E-state index >= 15 is 0 Å². The van der Waals surface area contributed by atoms with Gasteiger partial charge < -0.3 is 5.32 Å². The Morgan fingerprint density at radius 1 is 1.32 bits per heavy atom. The fraction of sp³-hybridized carbons (Fsp3) is 0.733. The van der Waals surface area contributed by atoms with Crippen molar-refractivity contribution in [3.63, 3.8) is 0 Å². The molecule has 2 aliphatic carbocycles. The highest BCUT2D eigenvalue weighted by molar-refractivity contribution is 7.90. The predicted molar refractivity (Wildman–Crippen MR) is 86.4 cm³/mol. The van der Waals surface area contributed by atoms with Crippen molar-refractivity contribution in [1.82, 2.24) is 10.3 Å². The van der Waals surface area contributed by atoms with Crippen LogP contribution in [0.5, 0.6) is 0 Å². The molecule has 5 nitrogen and oxygen atoms in total. The summed E-state index contributed by atoms with van der Waals surface area (Å²) in [5.74, 6) is 0.0933. The molecule has 0 aromatic carbocycles. The smallest absolute Gasteiger partial charge is 0.221 e. The molecule has 0 unspecified atom stereocenters. The van der Waals surface area contributed by atoms with Gasteiger partial charge in [-0.05, 0) is 31.1 Å². The first-order chi connectivity index (χ1) is 10.3. The minimum absolute atomic E-state index is 0.0294. The molecule has 0 aliphatic heterocycles. The van der Waals surface area contributed by atoms with E-state index < -0.39 is 9.84 Å². The average Bonchev–Trinajstić information content (AvgIpc) is 2.86. The first kappa shape index (κ1) is 15.9. The fourth-order valence-corrected chi connectivity index (χ4v) is 5.94. The first-order valence-electron chi connectivity index (χ1n) is 7.71. The van der Waals surface area contributed by atoms with Gasteiger partial charge in [0.05, 0.1) is 11.3 Å². The van der Waals surface area contributed by atoms with Crippen molar-refractivity contribution in [2.24, 2.45) is 5.41 Å². The van der Waals surface area contributed by atoms with Crippen LogP contribution in [0.4, 0.5) is 0 Å². The minimum atomic E-state index is -3.04. The molecule has 1 aromatic heterocycles. The van der Waals surface area contributed by atoms with Crippen molar-refractivity contribution in [3.05, 3.63) is 16.6 Å². The van der Waals surface area contributed by atoms with E-state index in [1.54, 1.807) is 17.5 Å². The Labute approximate surface area is 135 Å². The zero-order valence-corrected chi connectivity index (χ0v) is 14.4. The van der Waals surface area contributed by atoms with E-state index in [0.717, 1.165) is 43.5 Å². The summed E-state index contributed by atoms with van der Waals surface area (Å²) in [6.07, 6.45) is 9.03. The number of carbonyl (C=O) groups is 1. The van der Waals surface area contributed by atoms with Gasteiger partial charge in [-0.1, -0.05) is 12.8 Å². The van der Waals surface area contributed by atoms with Crippen molar-refractivity contribution < 1.29 is 13.2 Å². The number of hydrogen-bond donors (Lipinski definition) is 1. The number of amides is 1. The molecule has 0 saturated heterocycles. The fourth-order valence-electron chi connectivity index (χ4n) is 3.59. The van der Waals surface area contributed by atoms with Crippen LogP contribution in [0.3, 0.4) is 0 Å². The molecule has 2 fully saturated rings. The molecule has 1 amide bonds. The summed E-state index contributed by atoms with van der Waals surface area (Å²) in [7, 11) is -3.04. The van der Waals surface area contributed by atoms with Gasteiger partial charge in [0.2, 0.25) is 5.91 Å². The largest absolute Gasteiger partial charge is 0.344 e. The van der Waals surface area contributed by atoms with E-state index in [9.17, 15) is 13.2 Å². The van der Waals surface area contributed by atoms with E-state index in [0.29, 0.717) is 6.42 Å². The zero-order valence-electron chi connectivity index (χ0n) is 12.8. The number of hydrogen-bond acceptors (Lipinski definition) is 5. The molecule has 22 heavy (non-hydrogen) atoms. The molecule has 0 atom stereocenters. The Bertz CT molecular complexity index is 642. The van der Waals surface area contributed by atoms with Crippen LogP contribution in [0.1, 0.15) is 50.0 Å². The van der Waals surface area contributed by atoms with Crippen LogP contribution in [0, 0.1) is 5.41 Å². The Balaban J connectivity index is 1.68. The van der Waals surface area contributed by atoms with E-state index in [1.807, 2.05) is 5.38 Å². The Kier molecular flexibility index (Phi) is 4.05. The number of nitrogens with one attached hydrogen (secondary N) is 1. The van der Waals surface area contributed by atoms with Gasteiger partial charge in [0.1, 0.15) is 14.8 Å².